The number of nitrogens with zero attached hydrogens (tertiary/aromatic N) is 3. The number of hydrogen-bond acceptors (Lipinski definition) is 6. The first-order valence-corrected chi connectivity index (χ1v) is 5.96. The molecule has 21 heavy (non-hydrogen) atoms. The van der Waals surface area contributed by atoms with Crippen LogP contribution in [0.5, 0.6) is 0 Å². The van der Waals surface area contributed by atoms with Gasteiger partial charge in [-0.2, -0.15) is 4.90 Å². The molecule has 1 aromatic heterocycles. The molecule has 0 fully saturated rings. The minimum Gasteiger partial charge on any atom is -0.464 e. The van der Waals surface area contributed by atoms with Crippen LogP contribution in [0.3, 0.4) is 0 Å². The normalized spacial score (nSPS) is 10.9. The number of halogens is 1. The van der Waals surface area contributed by atoms with E-state index in [1.165, 1.54) is 0 Å². The smallest absolute Gasteiger partial charge is 0.425 e. The van der Waals surface area contributed by atoms with Gasteiger partial charge in [0.2, 0.25) is 0 Å². The number of amides is 2. The van der Waals surface area contributed by atoms with Gasteiger partial charge in [-0.05, 0) is 20.8 Å². The molecule has 114 valence electrons. The van der Waals surface area contributed by atoms with Gasteiger partial charge in [0.1, 0.15) is 16.8 Å². The lowest BCUT2D eigenvalue weighted by molar-refractivity contribution is -0.385. The summed E-state index contributed by atoms with van der Waals surface area (Å²) < 4.78 is 4.92. The Bertz CT molecular complexity index is 598. The van der Waals surface area contributed by atoms with E-state index < -0.39 is 34.2 Å². The summed E-state index contributed by atoms with van der Waals surface area (Å²) >= 11 is 5.66. The summed E-state index contributed by atoms with van der Waals surface area (Å²) in [6, 6.07) is 0.901. The van der Waals surface area contributed by atoms with E-state index in [1.54, 1.807) is 20.8 Å². The Morgan fingerprint density at radius 2 is 2.05 bits per heavy atom. The van der Waals surface area contributed by atoms with Crippen LogP contribution in [0.4, 0.5) is 21.1 Å². The minimum absolute atomic E-state index is 0.209. The lowest BCUT2D eigenvalue weighted by Crippen LogP contribution is -2.40. The van der Waals surface area contributed by atoms with Crippen LogP contribution in [0.1, 0.15) is 20.8 Å². The second kappa shape index (κ2) is 5.92. The molecule has 0 aliphatic rings. The number of pyridine rings is 1. The molecule has 0 aliphatic heterocycles. The van der Waals surface area contributed by atoms with Gasteiger partial charge in [-0.1, -0.05) is 11.6 Å². The van der Waals surface area contributed by atoms with Crippen LogP contribution in [0.15, 0.2) is 12.3 Å². The van der Waals surface area contributed by atoms with Crippen molar-refractivity contribution in [1.82, 2.24) is 4.98 Å². The van der Waals surface area contributed by atoms with Gasteiger partial charge >= 0.3 is 17.9 Å². The molecule has 0 radical (unpaired) electrons. The second-order valence-corrected chi connectivity index (χ2v) is 5.26. The molecular weight excluding hydrogens is 306 g/mol. The zero-order valence-electron chi connectivity index (χ0n) is 11.4. The molecule has 0 unspecified atom stereocenters. The zero-order valence-corrected chi connectivity index (χ0v) is 12.1. The fraction of sp³-hybridized carbons (Fsp3) is 0.364. The molecule has 0 spiro atoms. The number of ether oxygens (including phenoxy) is 1. The summed E-state index contributed by atoms with van der Waals surface area (Å²) in [6.45, 7) is 4.67. The summed E-state index contributed by atoms with van der Waals surface area (Å²) in [5, 5.41) is 19.3. The van der Waals surface area contributed by atoms with E-state index in [9.17, 15) is 19.7 Å². The third kappa shape index (κ3) is 4.28. The Morgan fingerprint density at radius 3 is 2.43 bits per heavy atom. The zero-order chi connectivity index (χ0) is 16.4. The molecule has 1 heterocycles. The van der Waals surface area contributed by atoms with E-state index in [2.05, 4.69) is 4.98 Å². The van der Waals surface area contributed by atoms with E-state index in [4.69, 9.17) is 21.4 Å². The van der Waals surface area contributed by atoms with Crippen molar-refractivity contribution < 1.29 is 24.4 Å². The SMILES string of the molecule is CC(C)(C)OC(=O)N(C(=O)O)c1cc(Cl)c([N+](=O)[O-])cn1. The number of hydrogen-bond donors (Lipinski definition) is 1. The third-order valence-corrected chi connectivity index (χ3v) is 2.32. The van der Waals surface area contributed by atoms with Crippen molar-refractivity contribution in [3.05, 3.63) is 27.4 Å². The highest BCUT2D eigenvalue weighted by molar-refractivity contribution is 6.33. The number of carbonyl (C=O) groups excluding carboxylic acids is 1. The van der Waals surface area contributed by atoms with Gasteiger partial charge in [0.05, 0.1) is 4.92 Å². The number of nitro groups is 1. The molecule has 1 rings (SSSR count). The first-order valence-electron chi connectivity index (χ1n) is 5.59. The van der Waals surface area contributed by atoms with Crippen molar-refractivity contribution in [2.75, 3.05) is 4.90 Å². The standard InChI is InChI=1S/C11H12ClN3O6/c1-11(2,3)21-10(18)14(9(16)17)8-4-6(12)7(5-13-8)15(19)20/h4-5H,1-3H3,(H,16,17). The lowest BCUT2D eigenvalue weighted by Gasteiger charge is -2.23. The summed E-state index contributed by atoms with van der Waals surface area (Å²) in [5.41, 5.74) is -1.43. The van der Waals surface area contributed by atoms with E-state index in [0.717, 1.165) is 12.3 Å². The molecular formula is C11H12ClN3O6. The van der Waals surface area contributed by atoms with Crippen molar-refractivity contribution >= 4 is 35.3 Å². The summed E-state index contributed by atoms with van der Waals surface area (Å²) in [4.78, 5) is 36.6. The molecule has 0 saturated heterocycles. The van der Waals surface area contributed by atoms with Crippen LogP contribution in [-0.2, 0) is 4.74 Å². The quantitative estimate of drug-likeness (QED) is 0.656. The highest BCUT2D eigenvalue weighted by Gasteiger charge is 2.30. The fourth-order valence-corrected chi connectivity index (χ4v) is 1.46. The number of carboxylic acid groups (broad SMARTS) is 1. The Labute approximate surface area is 124 Å². The topological polar surface area (TPSA) is 123 Å². The van der Waals surface area contributed by atoms with Crippen molar-refractivity contribution in [2.45, 2.75) is 26.4 Å². The third-order valence-electron chi connectivity index (χ3n) is 2.01. The Kier molecular flexibility index (Phi) is 4.69. The molecule has 0 saturated carbocycles. The van der Waals surface area contributed by atoms with Crippen LogP contribution in [0, 0.1) is 10.1 Å². The molecule has 1 aromatic rings. The molecule has 0 bridgehead atoms. The molecule has 2 amide bonds. The maximum absolute atomic E-state index is 11.8. The van der Waals surface area contributed by atoms with Crippen LogP contribution < -0.4 is 4.90 Å². The van der Waals surface area contributed by atoms with Crippen molar-refractivity contribution in [3.8, 4) is 0 Å². The van der Waals surface area contributed by atoms with Crippen molar-refractivity contribution in [3.63, 3.8) is 0 Å². The largest absolute Gasteiger partial charge is 0.464 e. The van der Waals surface area contributed by atoms with E-state index in [0.29, 0.717) is 0 Å². The van der Waals surface area contributed by atoms with Crippen molar-refractivity contribution in [1.29, 1.82) is 0 Å². The van der Waals surface area contributed by atoms with E-state index in [-0.39, 0.29) is 9.92 Å². The Hall–Kier alpha value is -2.42. The average Bonchev–Trinajstić information content (AvgIpc) is 2.25. The van der Waals surface area contributed by atoms with Crippen LogP contribution >= 0.6 is 11.6 Å². The molecule has 1 N–H and O–H groups in total. The summed E-state index contributed by atoms with van der Waals surface area (Å²) in [5.74, 6) is -0.396. The van der Waals surface area contributed by atoms with Gasteiger partial charge in [0.15, 0.2) is 5.82 Å². The minimum atomic E-state index is -1.65. The molecule has 0 atom stereocenters. The first kappa shape index (κ1) is 16.6. The average molecular weight is 318 g/mol. The lowest BCUT2D eigenvalue weighted by atomic mass is 10.2. The Balaban J connectivity index is 3.18. The van der Waals surface area contributed by atoms with Crippen molar-refractivity contribution in [2.24, 2.45) is 0 Å². The van der Waals surface area contributed by atoms with Gasteiger partial charge in [0, 0.05) is 6.07 Å². The van der Waals surface area contributed by atoms with Crippen LogP contribution in [0.25, 0.3) is 0 Å². The van der Waals surface area contributed by atoms with Gasteiger partial charge in [-0.15, -0.1) is 0 Å². The molecule has 9 nitrogen and oxygen atoms in total. The summed E-state index contributed by atoms with van der Waals surface area (Å²) in [6.07, 6.45) is -2.08. The van der Waals surface area contributed by atoms with E-state index in [1.807, 2.05) is 0 Å². The monoisotopic (exact) mass is 317 g/mol. The number of aromatic nitrogens is 1. The fourth-order valence-electron chi connectivity index (χ4n) is 1.25. The van der Waals surface area contributed by atoms with Gasteiger partial charge < -0.3 is 9.84 Å². The summed E-state index contributed by atoms with van der Waals surface area (Å²) in [7, 11) is 0. The number of anilines is 1. The highest BCUT2D eigenvalue weighted by atomic mass is 35.5. The predicted octanol–water partition coefficient (Wildman–Crippen LogP) is 3.06. The first-order chi connectivity index (χ1) is 9.53. The van der Waals surface area contributed by atoms with Gasteiger partial charge in [-0.25, -0.2) is 14.6 Å². The number of rotatable bonds is 2. The van der Waals surface area contributed by atoms with Crippen LogP contribution in [-0.4, -0.2) is 32.8 Å². The molecule has 0 aromatic carbocycles. The predicted molar refractivity (Wildman–Crippen MR) is 72.6 cm³/mol. The van der Waals surface area contributed by atoms with E-state index >= 15 is 0 Å². The highest BCUT2D eigenvalue weighted by Crippen LogP contribution is 2.27. The van der Waals surface area contributed by atoms with Gasteiger partial charge in [0.25, 0.3) is 0 Å². The molecule has 0 aliphatic carbocycles. The maximum atomic E-state index is 11.8. The number of imide groups is 1. The maximum Gasteiger partial charge on any atom is 0.425 e. The van der Waals surface area contributed by atoms with Gasteiger partial charge in [-0.3, -0.25) is 10.1 Å². The second-order valence-electron chi connectivity index (χ2n) is 4.85. The Morgan fingerprint density at radius 1 is 1.48 bits per heavy atom. The number of carbonyl (C=O) groups is 2. The molecule has 10 heteroatoms. The van der Waals surface area contributed by atoms with Crippen LogP contribution in [0.2, 0.25) is 5.02 Å².